The molecule has 6 heteroatoms. The summed E-state index contributed by atoms with van der Waals surface area (Å²) < 4.78 is 16.0. The molecule has 0 bridgehead atoms. The summed E-state index contributed by atoms with van der Waals surface area (Å²) >= 11 is 0. The molecule has 0 radical (unpaired) electrons. The molecule has 0 amide bonds. The third-order valence-electron chi connectivity index (χ3n) is 3.81. The predicted octanol–water partition coefficient (Wildman–Crippen LogP) is 3.39. The SMILES string of the molecule is COc1cccc(CN(C)Cc2nc(-c3ccccc3OC)no2)c1. The summed E-state index contributed by atoms with van der Waals surface area (Å²) in [6.07, 6.45) is 0. The van der Waals surface area contributed by atoms with E-state index >= 15 is 0 Å². The van der Waals surface area contributed by atoms with Gasteiger partial charge in [0.1, 0.15) is 11.5 Å². The molecule has 2 aromatic carbocycles. The van der Waals surface area contributed by atoms with Gasteiger partial charge in [-0.3, -0.25) is 4.90 Å². The van der Waals surface area contributed by atoms with Crippen molar-refractivity contribution in [1.29, 1.82) is 0 Å². The highest BCUT2D eigenvalue weighted by Gasteiger charge is 2.14. The first kappa shape index (κ1) is 17.0. The number of rotatable bonds is 7. The second-order valence-corrected chi connectivity index (χ2v) is 5.74. The summed E-state index contributed by atoms with van der Waals surface area (Å²) in [5.41, 5.74) is 1.97. The van der Waals surface area contributed by atoms with Crippen molar-refractivity contribution in [3.8, 4) is 22.9 Å². The fourth-order valence-electron chi connectivity index (χ4n) is 2.63. The third-order valence-corrected chi connectivity index (χ3v) is 3.81. The van der Waals surface area contributed by atoms with Crippen LogP contribution in [0.3, 0.4) is 0 Å². The largest absolute Gasteiger partial charge is 0.497 e. The molecule has 130 valence electrons. The molecule has 25 heavy (non-hydrogen) atoms. The monoisotopic (exact) mass is 339 g/mol. The Balaban J connectivity index is 1.68. The Morgan fingerprint density at radius 2 is 1.84 bits per heavy atom. The first-order valence-corrected chi connectivity index (χ1v) is 7.97. The highest BCUT2D eigenvalue weighted by atomic mass is 16.5. The molecule has 1 aromatic heterocycles. The smallest absolute Gasteiger partial charge is 0.241 e. The molecule has 0 spiro atoms. The minimum absolute atomic E-state index is 0.530. The van der Waals surface area contributed by atoms with Crippen LogP contribution in [0.1, 0.15) is 11.5 Å². The summed E-state index contributed by atoms with van der Waals surface area (Å²) in [6.45, 7) is 1.31. The van der Waals surface area contributed by atoms with E-state index in [0.717, 1.165) is 29.2 Å². The molecule has 0 aliphatic rings. The lowest BCUT2D eigenvalue weighted by molar-refractivity contribution is 0.260. The van der Waals surface area contributed by atoms with E-state index in [1.54, 1.807) is 14.2 Å². The second-order valence-electron chi connectivity index (χ2n) is 5.74. The molecule has 0 atom stereocenters. The normalized spacial score (nSPS) is 10.9. The van der Waals surface area contributed by atoms with Crippen molar-refractivity contribution in [3.63, 3.8) is 0 Å². The van der Waals surface area contributed by atoms with Crippen LogP contribution < -0.4 is 9.47 Å². The molecule has 1 heterocycles. The maximum Gasteiger partial charge on any atom is 0.241 e. The van der Waals surface area contributed by atoms with E-state index in [1.807, 2.05) is 49.5 Å². The fourth-order valence-corrected chi connectivity index (χ4v) is 2.63. The first-order chi connectivity index (χ1) is 12.2. The molecule has 0 saturated carbocycles. The zero-order valence-electron chi connectivity index (χ0n) is 14.6. The van der Waals surface area contributed by atoms with Gasteiger partial charge >= 0.3 is 0 Å². The van der Waals surface area contributed by atoms with Gasteiger partial charge in [-0.15, -0.1) is 0 Å². The van der Waals surface area contributed by atoms with Crippen LogP contribution in [-0.4, -0.2) is 36.3 Å². The second kappa shape index (κ2) is 7.81. The van der Waals surface area contributed by atoms with Crippen LogP contribution in [0.2, 0.25) is 0 Å². The minimum atomic E-state index is 0.530. The van der Waals surface area contributed by atoms with E-state index in [4.69, 9.17) is 14.0 Å². The zero-order chi connectivity index (χ0) is 17.6. The summed E-state index contributed by atoms with van der Waals surface area (Å²) in [7, 11) is 5.30. The molecule has 0 aliphatic heterocycles. The molecular formula is C19H21N3O3. The molecule has 6 nitrogen and oxygen atoms in total. The van der Waals surface area contributed by atoms with Crippen LogP contribution in [0.5, 0.6) is 11.5 Å². The van der Waals surface area contributed by atoms with Gasteiger partial charge in [0.25, 0.3) is 0 Å². The molecule has 0 N–H and O–H groups in total. The molecular weight excluding hydrogens is 318 g/mol. The first-order valence-electron chi connectivity index (χ1n) is 7.97. The summed E-state index contributed by atoms with van der Waals surface area (Å²) in [5.74, 6) is 2.66. The molecule has 0 aliphatic carbocycles. The van der Waals surface area contributed by atoms with Crippen LogP contribution in [-0.2, 0) is 13.1 Å². The number of hydrogen-bond donors (Lipinski definition) is 0. The van der Waals surface area contributed by atoms with Gasteiger partial charge in [-0.2, -0.15) is 4.98 Å². The average Bonchev–Trinajstić information content (AvgIpc) is 3.09. The Bertz CT molecular complexity index is 832. The number of benzene rings is 2. The van der Waals surface area contributed by atoms with Crippen molar-refractivity contribution in [2.75, 3.05) is 21.3 Å². The van der Waals surface area contributed by atoms with E-state index in [0.29, 0.717) is 18.3 Å². The minimum Gasteiger partial charge on any atom is -0.497 e. The van der Waals surface area contributed by atoms with Crippen LogP contribution in [0.15, 0.2) is 53.1 Å². The lowest BCUT2D eigenvalue weighted by Crippen LogP contribution is -2.17. The quantitative estimate of drug-likeness (QED) is 0.657. The van der Waals surface area contributed by atoms with Gasteiger partial charge in [0.15, 0.2) is 0 Å². The summed E-state index contributed by atoms with van der Waals surface area (Å²) in [6, 6.07) is 15.6. The van der Waals surface area contributed by atoms with Gasteiger partial charge in [-0.1, -0.05) is 29.4 Å². The van der Waals surface area contributed by atoms with Crippen LogP contribution in [0, 0.1) is 0 Å². The van der Waals surface area contributed by atoms with Gasteiger partial charge in [-0.05, 0) is 36.9 Å². The Hall–Kier alpha value is -2.86. The molecule has 0 unspecified atom stereocenters. The van der Waals surface area contributed by atoms with Gasteiger partial charge in [-0.25, -0.2) is 0 Å². The number of methoxy groups -OCH3 is 2. The van der Waals surface area contributed by atoms with Crippen LogP contribution >= 0.6 is 0 Å². The molecule has 0 saturated heterocycles. The Morgan fingerprint density at radius 1 is 1.00 bits per heavy atom. The third kappa shape index (κ3) is 4.16. The van der Waals surface area contributed by atoms with Crippen molar-refractivity contribution in [3.05, 3.63) is 60.0 Å². The lowest BCUT2D eigenvalue weighted by atomic mass is 10.2. The Morgan fingerprint density at radius 3 is 2.64 bits per heavy atom. The number of hydrogen-bond acceptors (Lipinski definition) is 6. The van der Waals surface area contributed by atoms with Gasteiger partial charge in [0.05, 0.1) is 26.3 Å². The standard InChI is InChI=1S/C19H21N3O3/c1-22(12-14-7-6-8-15(11-14)23-2)13-18-20-19(21-25-18)16-9-4-5-10-17(16)24-3/h4-11H,12-13H2,1-3H3. The maximum atomic E-state index is 5.39. The van der Waals surface area contributed by atoms with Crippen LogP contribution in [0.4, 0.5) is 0 Å². The molecule has 0 fully saturated rings. The summed E-state index contributed by atoms with van der Waals surface area (Å²) in [5, 5.41) is 4.07. The predicted molar refractivity (Wildman–Crippen MR) is 94.5 cm³/mol. The van der Waals surface area contributed by atoms with Crippen molar-refractivity contribution in [1.82, 2.24) is 15.0 Å². The topological polar surface area (TPSA) is 60.6 Å². The van der Waals surface area contributed by atoms with Gasteiger partial charge in [0, 0.05) is 6.54 Å². The van der Waals surface area contributed by atoms with Crippen molar-refractivity contribution in [2.24, 2.45) is 0 Å². The van der Waals surface area contributed by atoms with Crippen molar-refractivity contribution in [2.45, 2.75) is 13.1 Å². The average molecular weight is 339 g/mol. The van der Waals surface area contributed by atoms with E-state index in [2.05, 4.69) is 21.1 Å². The highest BCUT2D eigenvalue weighted by Crippen LogP contribution is 2.27. The van der Waals surface area contributed by atoms with E-state index in [1.165, 1.54) is 0 Å². The van der Waals surface area contributed by atoms with E-state index < -0.39 is 0 Å². The maximum absolute atomic E-state index is 5.39. The lowest BCUT2D eigenvalue weighted by Gasteiger charge is -2.14. The van der Waals surface area contributed by atoms with Crippen LogP contribution in [0.25, 0.3) is 11.4 Å². The fraction of sp³-hybridized carbons (Fsp3) is 0.263. The summed E-state index contributed by atoms with van der Waals surface area (Å²) in [4.78, 5) is 6.59. The number of aromatic nitrogens is 2. The van der Waals surface area contributed by atoms with Crippen molar-refractivity contribution < 1.29 is 14.0 Å². The molecule has 3 rings (SSSR count). The van der Waals surface area contributed by atoms with E-state index in [9.17, 15) is 0 Å². The Labute approximate surface area is 147 Å². The Kier molecular flexibility index (Phi) is 5.30. The highest BCUT2D eigenvalue weighted by molar-refractivity contribution is 5.63. The van der Waals surface area contributed by atoms with Gasteiger partial charge < -0.3 is 14.0 Å². The number of para-hydroxylation sites is 1. The molecule has 3 aromatic rings. The number of nitrogens with zero attached hydrogens (tertiary/aromatic N) is 3. The van der Waals surface area contributed by atoms with E-state index in [-0.39, 0.29) is 0 Å². The van der Waals surface area contributed by atoms with Crippen molar-refractivity contribution >= 4 is 0 Å². The number of ether oxygens (including phenoxy) is 2. The zero-order valence-corrected chi connectivity index (χ0v) is 14.6. The van der Waals surface area contributed by atoms with Gasteiger partial charge in [0.2, 0.25) is 11.7 Å².